The molecule has 0 radical (unpaired) electrons. The molecule has 14 heavy (non-hydrogen) atoms. The zero-order valence-electron chi connectivity index (χ0n) is 8.23. The van der Waals surface area contributed by atoms with E-state index in [1.54, 1.807) is 11.8 Å². The minimum Gasteiger partial charge on any atom is -0.358 e. The fourth-order valence-corrected chi connectivity index (χ4v) is 2.25. The third-order valence-electron chi connectivity index (χ3n) is 2.23. The van der Waals surface area contributed by atoms with Crippen LogP contribution in [-0.4, -0.2) is 17.5 Å². The molecule has 1 aromatic carbocycles. The van der Waals surface area contributed by atoms with E-state index in [1.807, 2.05) is 6.07 Å². The number of hydrogen-bond donors (Lipinski definition) is 1. The lowest BCUT2D eigenvalue weighted by atomic mass is 10.1. The maximum Gasteiger partial charge on any atom is 0.157 e. The molecule has 1 aliphatic rings. The van der Waals surface area contributed by atoms with E-state index >= 15 is 0 Å². The molecule has 1 atom stereocenters. The van der Waals surface area contributed by atoms with Crippen LogP contribution < -0.4 is 5.32 Å². The van der Waals surface area contributed by atoms with Crippen LogP contribution in [-0.2, 0) is 0 Å². The van der Waals surface area contributed by atoms with Crippen molar-refractivity contribution >= 4 is 16.9 Å². The van der Waals surface area contributed by atoms with Gasteiger partial charge in [0.1, 0.15) is 0 Å². The molecule has 2 nitrogen and oxygen atoms in total. The van der Waals surface area contributed by atoms with Crippen LogP contribution in [0.1, 0.15) is 18.5 Å². The Hall–Kier alpha value is -0.960. The molecule has 0 saturated heterocycles. The molecule has 0 spiro atoms. The Labute approximate surface area is 88.8 Å². The Balaban J connectivity index is 1.99. The Morgan fingerprint density at radius 3 is 2.79 bits per heavy atom. The van der Waals surface area contributed by atoms with Crippen molar-refractivity contribution in [3.05, 3.63) is 35.9 Å². The fraction of sp³-hybridized carbons (Fsp3) is 0.364. The van der Waals surface area contributed by atoms with Gasteiger partial charge in [-0.3, -0.25) is 4.99 Å². The standard InChI is InChI=1S/C11H14N2S/c1-9(10-5-3-2-4-6-10)13-11-12-7-8-14-11/h2-6,9H,7-8H2,1H3,(H,12,13)/t9-/m1/s1. The highest BCUT2D eigenvalue weighted by atomic mass is 32.2. The molecule has 74 valence electrons. The van der Waals surface area contributed by atoms with Gasteiger partial charge in [0.2, 0.25) is 0 Å². The first-order valence-corrected chi connectivity index (χ1v) is 5.83. The van der Waals surface area contributed by atoms with Crippen molar-refractivity contribution in [1.29, 1.82) is 0 Å². The van der Waals surface area contributed by atoms with Crippen molar-refractivity contribution in [1.82, 2.24) is 5.32 Å². The van der Waals surface area contributed by atoms with Gasteiger partial charge >= 0.3 is 0 Å². The molecule has 0 aliphatic carbocycles. The molecule has 2 rings (SSSR count). The molecule has 1 aliphatic heterocycles. The maximum atomic E-state index is 4.37. The number of rotatable bonds is 2. The summed E-state index contributed by atoms with van der Waals surface area (Å²) in [5.74, 6) is 1.11. The van der Waals surface area contributed by atoms with Crippen molar-refractivity contribution in [2.24, 2.45) is 4.99 Å². The first-order chi connectivity index (χ1) is 6.86. The lowest BCUT2D eigenvalue weighted by Gasteiger charge is -2.14. The third-order valence-corrected chi connectivity index (χ3v) is 3.13. The predicted octanol–water partition coefficient (Wildman–Crippen LogP) is 2.44. The summed E-state index contributed by atoms with van der Waals surface area (Å²) in [6, 6.07) is 10.8. The summed E-state index contributed by atoms with van der Waals surface area (Å²) >= 11 is 1.80. The van der Waals surface area contributed by atoms with E-state index in [4.69, 9.17) is 0 Å². The van der Waals surface area contributed by atoms with Gasteiger partial charge in [0.05, 0.1) is 12.6 Å². The van der Waals surface area contributed by atoms with Gasteiger partial charge in [-0.05, 0) is 12.5 Å². The second kappa shape index (κ2) is 4.51. The first kappa shape index (κ1) is 9.59. The summed E-state index contributed by atoms with van der Waals surface area (Å²) in [5, 5.41) is 4.49. The zero-order valence-corrected chi connectivity index (χ0v) is 9.05. The Morgan fingerprint density at radius 1 is 1.36 bits per heavy atom. The van der Waals surface area contributed by atoms with Crippen LogP contribution in [0.15, 0.2) is 35.3 Å². The van der Waals surface area contributed by atoms with Gasteiger partial charge in [0, 0.05) is 5.75 Å². The normalized spacial score (nSPS) is 17.6. The summed E-state index contributed by atoms with van der Waals surface area (Å²) in [6.07, 6.45) is 0. The molecule has 1 aromatic rings. The minimum absolute atomic E-state index is 0.348. The highest BCUT2D eigenvalue weighted by molar-refractivity contribution is 8.14. The molecule has 0 aromatic heterocycles. The van der Waals surface area contributed by atoms with Crippen LogP contribution in [0.4, 0.5) is 0 Å². The van der Waals surface area contributed by atoms with Crippen LogP contribution in [0.3, 0.4) is 0 Å². The van der Waals surface area contributed by atoms with Gasteiger partial charge in [-0.15, -0.1) is 0 Å². The van der Waals surface area contributed by atoms with Gasteiger partial charge in [-0.2, -0.15) is 0 Å². The fourth-order valence-electron chi connectivity index (χ4n) is 1.43. The number of amidine groups is 1. The number of hydrogen-bond acceptors (Lipinski definition) is 3. The van der Waals surface area contributed by atoms with Crippen LogP contribution >= 0.6 is 11.8 Å². The predicted molar refractivity (Wildman–Crippen MR) is 62.8 cm³/mol. The largest absolute Gasteiger partial charge is 0.358 e. The molecule has 0 unspecified atom stereocenters. The lowest BCUT2D eigenvalue weighted by Crippen LogP contribution is -2.22. The van der Waals surface area contributed by atoms with E-state index in [0.29, 0.717) is 6.04 Å². The van der Waals surface area contributed by atoms with Crippen molar-refractivity contribution in [2.75, 3.05) is 12.3 Å². The molecule has 1 N–H and O–H groups in total. The Kier molecular flexibility index (Phi) is 3.09. The molecule has 0 saturated carbocycles. The molecular formula is C11H14N2S. The van der Waals surface area contributed by atoms with Crippen molar-refractivity contribution < 1.29 is 0 Å². The molecule has 0 fully saturated rings. The molecule has 0 amide bonds. The Morgan fingerprint density at radius 2 is 2.14 bits per heavy atom. The summed E-state index contributed by atoms with van der Waals surface area (Å²) in [4.78, 5) is 4.37. The molecule has 1 heterocycles. The average Bonchev–Trinajstić information content (AvgIpc) is 2.72. The smallest absolute Gasteiger partial charge is 0.157 e. The molecule has 3 heteroatoms. The van der Waals surface area contributed by atoms with E-state index in [2.05, 4.69) is 41.5 Å². The van der Waals surface area contributed by atoms with E-state index in [1.165, 1.54) is 5.56 Å². The van der Waals surface area contributed by atoms with Crippen LogP contribution in [0.5, 0.6) is 0 Å². The minimum atomic E-state index is 0.348. The monoisotopic (exact) mass is 206 g/mol. The summed E-state index contributed by atoms with van der Waals surface area (Å²) in [5.41, 5.74) is 1.31. The number of nitrogens with one attached hydrogen (secondary N) is 1. The summed E-state index contributed by atoms with van der Waals surface area (Å²) in [7, 11) is 0. The second-order valence-electron chi connectivity index (χ2n) is 3.31. The van der Waals surface area contributed by atoms with Crippen molar-refractivity contribution in [2.45, 2.75) is 13.0 Å². The van der Waals surface area contributed by atoms with E-state index in [9.17, 15) is 0 Å². The Bertz CT molecular complexity index is 321. The topological polar surface area (TPSA) is 24.4 Å². The third kappa shape index (κ3) is 2.29. The number of benzene rings is 1. The van der Waals surface area contributed by atoms with Gasteiger partial charge in [0.15, 0.2) is 5.17 Å². The average molecular weight is 206 g/mol. The summed E-state index contributed by atoms with van der Waals surface area (Å²) < 4.78 is 0. The quantitative estimate of drug-likeness (QED) is 0.803. The SMILES string of the molecule is C[C@@H](NC1=NCCS1)c1ccccc1. The van der Waals surface area contributed by atoms with E-state index in [-0.39, 0.29) is 0 Å². The van der Waals surface area contributed by atoms with Gasteiger partial charge in [0.25, 0.3) is 0 Å². The number of aliphatic imine (C=N–C) groups is 1. The first-order valence-electron chi connectivity index (χ1n) is 4.85. The highest BCUT2D eigenvalue weighted by Gasteiger charge is 2.10. The van der Waals surface area contributed by atoms with Crippen LogP contribution in [0.25, 0.3) is 0 Å². The summed E-state index contributed by atoms with van der Waals surface area (Å²) in [6.45, 7) is 3.12. The van der Waals surface area contributed by atoms with E-state index < -0.39 is 0 Å². The number of thioether (sulfide) groups is 1. The van der Waals surface area contributed by atoms with Crippen LogP contribution in [0.2, 0.25) is 0 Å². The van der Waals surface area contributed by atoms with E-state index in [0.717, 1.165) is 17.5 Å². The highest BCUT2D eigenvalue weighted by Crippen LogP contribution is 2.16. The van der Waals surface area contributed by atoms with Gasteiger partial charge < -0.3 is 5.32 Å². The van der Waals surface area contributed by atoms with Crippen molar-refractivity contribution in [3.8, 4) is 0 Å². The zero-order chi connectivity index (χ0) is 9.80. The van der Waals surface area contributed by atoms with Gasteiger partial charge in [-0.1, -0.05) is 42.1 Å². The number of nitrogens with zero attached hydrogens (tertiary/aromatic N) is 1. The molecular weight excluding hydrogens is 192 g/mol. The van der Waals surface area contributed by atoms with Crippen molar-refractivity contribution in [3.63, 3.8) is 0 Å². The maximum absolute atomic E-state index is 4.37. The van der Waals surface area contributed by atoms with Gasteiger partial charge in [-0.25, -0.2) is 0 Å². The second-order valence-corrected chi connectivity index (χ2v) is 4.40. The molecule has 0 bridgehead atoms. The lowest BCUT2D eigenvalue weighted by molar-refractivity contribution is 0.723. The van der Waals surface area contributed by atoms with Crippen LogP contribution in [0, 0.1) is 0 Å².